The molecule has 0 amide bonds. The van der Waals surface area contributed by atoms with Gasteiger partial charge < -0.3 is 14.8 Å². The Morgan fingerprint density at radius 2 is 1.96 bits per heavy atom. The molecule has 26 heavy (non-hydrogen) atoms. The quantitative estimate of drug-likeness (QED) is 0.899. The molecule has 2 aliphatic rings. The summed E-state index contributed by atoms with van der Waals surface area (Å²) in [5.41, 5.74) is 1.54. The largest absolute Gasteiger partial charge is 0.497 e. The molecule has 3 heterocycles. The Balaban J connectivity index is 1.46. The van der Waals surface area contributed by atoms with Gasteiger partial charge in [0.1, 0.15) is 17.6 Å². The predicted molar refractivity (Wildman–Crippen MR) is 89.3 cm³/mol. The second-order valence-electron chi connectivity index (χ2n) is 6.39. The molecule has 1 aromatic heterocycles. The monoisotopic (exact) mass is 362 g/mol. The van der Waals surface area contributed by atoms with Crippen molar-refractivity contribution in [2.24, 2.45) is 0 Å². The Bertz CT molecular complexity index is 829. The highest BCUT2D eigenvalue weighted by molar-refractivity contribution is 5.67. The van der Waals surface area contributed by atoms with Crippen LogP contribution in [0.25, 0.3) is 5.70 Å². The number of nitrogens with zero attached hydrogens (tertiary/aromatic N) is 1. The average Bonchev–Trinajstić information content (AvgIpc) is 3.22. The summed E-state index contributed by atoms with van der Waals surface area (Å²) in [5.74, 6) is 1.57. The fourth-order valence-corrected chi connectivity index (χ4v) is 3.32. The molecule has 0 saturated carbocycles. The van der Waals surface area contributed by atoms with Crippen molar-refractivity contribution in [1.29, 1.82) is 0 Å². The van der Waals surface area contributed by atoms with Gasteiger partial charge in [-0.05, 0) is 29.8 Å². The number of methoxy groups -OCH3 is 1. The van der Waals surface area contributed by atoms with Crippen molar-refractivity contribution in [2.75, 3.05) is 7.11 Å². The van der Waals surface area contributed by atoms with Gasteiger partial charge in [0.15, 0.2) is 0 Å². The van der Waals surface area contributed by atoms with Crippen LogP contribution in [0, 0.1) is 0 Å². The number of pyridine rings is 1. The zero-order valence-electron chi connectivity index (χ0n) is 14.0. The van der Waals surface area contributed by atoms with Crippen molar-refractivity contribution in [3.05, 3.63) is 65.2 Å². The number of halogens is 3. The van der Waals surface area contributed by atoms with Crippen LogP contribution in [0.4, 0.5) is 13.2 Å². The molecule has 0 radical (unpaired) electrons. The summed E-state index contributed by atoms with van der Waals surface area (Å²) in [4.78, 5) is 3.94. The second kappa shape index (κ2) is 6.23. The van der Waals surface area contributed by atoms with E-state index in [9.17, 15) is 13.2 Å². The molecule has 1 aromatic carbocycles. The van der Waals surface area contributed by atoms with Gasteiger partial charge in [0.2, 0.25) is 0 Å². The van der Waals surface area contributed by atoms with E-state index in [1.54, 1.807) is 7.11 Å². The van der Waals surface area contributed by atoms with Crippen LogP contribution in [0.5, 0.6) is 5.75 Å². The van der Waals surface area contributed by atoms with Crippen LogP contribution >= 0.6 is 0 Å². The number of hydrogen-bond acceptors (Lipinski definition) is 4. The maximum absolute atomic E-state index is 12.7. The van der Waals surface area contributed by atoms with Crippen molar-refractivity contribution in [1.82, 2.24) is 10.3 Å². The summed E-state index contributed by atoms with van der Waals surface area (Å²) in [6.07, 6.45) is -2.06. The van der Waals surface area contributed by atoms with Crippen molar-refractivity contribution in [2.45, 2.75) is 31.2 Å². The van der Waals surface area contributed by atoms with E-state index in [-0.39, 0.29) is 12.1 Å². The maximum Gasteiger partial charge on any atom is 0.417 e. The first-order valence-corrected chi connectivity index (χ1v) is 8.27. The van der Waals surface area contributed by atoms with Gasteiger partial charge in [0.25, 0.3) is 0 Å². The lowest BCUT2D eigenvalue weighted by Gasteiger charge is -2.24. The SMILES string of the molecule is COc1ccc(CC2OC3=C(c4ccc(C(F)(F)F)cn4)NC2C3)cc1. The minimum atomic E-state index is -4.38. The minimum Gasteiger partial charge on any atom is -0.497 e. The van der Waals surface area contributed by atoms with E-state index in [0.29, 0.717) is 11.4 Å². The van der Waals surface area contributed by atoms with Crippen LogP contribution in [-0.4, -0.2) is 24.2 Å². The molecule has 2 aromatic rings. The molecular formula is C19H17F3N2O2. The van der Waals surface area contributed by atoms with E-state index >= 15 is 0 Å². The number of fused-ring (bicyclic) bond motifs is 2. The smallest absolute Gasteiger partial charge is 0.417 e. The third-order valence-electron chi connectivity index (χ3n) is 4.70. The molecule has 1 N–H and O–H groups in total. The van der Waals surface area contributed by atoms with Crippen LogP contribution in [0.1, 0.15) is 23.2 Å². The standard InChI is InChI=1S/C19H17F3N2O2/c1-25-13-5-2-11(3-6-13)8-16-15-9-17(26-16)18(24-15)14-7-4-12(10-23-14)19(20,21)22/h2-7,10,15-16,24H,8-9H2,1H3. The Morgan fingerprint density at radius 3 is 2.50 bits per heavy atom. The van der Waals surface area contributed by atoms with Gasteiger partial charge >= 0.3 is 6.18 Å². The fourth-order valence-electron chi connectivity index (χ4n) is 3.32. The van der Waals surface area contributed by atoms with E-state index in [4.69, 9.17) is 9.47 Å². The van der Waals surface area contributed by atoms with E-state index in [1.165, 1.54) is 6.07 Å². The molecule has 2 atom stereocenters. The zero-order valence-corrected chi connectivity index (χ0v) is 14.0. The average molecular weight is 362 g/mol. The van der Waals surface area contributed by atoms with Crippen molar-refractivity contribution >= 4 is 5.70 Å². The van der Waals surface area contributed by atoms with Crippen LogP contribution in [0.3, 0.4) is 0 Å². The minimum absolute atomic E-state index is 0.00315. The summed E-state index contributed by atoms with van der Waals surface area (Å²) in [6, 6.07) is 10.3. The number of ether oxygens (including phenoxy) is 2. The number of benzene rings is 1. The van der Waals surface area contributed by atoms with Gasteiger partial charge in [0, 0.05) is 19.0 Å². The lowest BCUT2D eigenvalue weighted by Crippen LogP contribution is -2.37. The highest BCUT2D eigenvalue weighted by Gasteiger charge is 2.41. The number of alkyl halides is 3. The topological polar surface area (TPSA) is 43.4 Å². The number of rotatable bonds is 4. The molecule has 4 nitrogen and oxygen atoms in total. The molecule has 136 valence electrons. The zero-order chi connectivity index (χ0) is 18.3. The highest BCUT2D eigenvalue weighted by Crippen LogP contribution is 2.38. The van der Waals surface area contributed by atoms with Crippen LogP contribution < -0.4 is 10.1 Å². The van der Waals surface area contributed by atoms with Gasteiger partial charge in [-0.1, -0.05) is 12.1 Å². The second-order valence-corrected chi connectivity index (χ2v) is 6.39. The predicted octanol–water partition coefficient (Wildman–Crippen LogP) is 3.78. The maximum atomic E-state index is 12.7. The lowest BCUT2D eigenvalue weighted by molar-refractivity contribution is -0.137. The van der Waals surface area contributed by atoms with Crippen LogP contribution in [-0.2, 0) is 17.3 Å². The van der Waals surface area contributed by atoms with Gasteiger partial charge in [0.05, 0.1) is 30.1 Å². The van der Waals surface area contributed by atoms with Gasteiger partial charge in [-0.15, -0.1) is 0 Å². The van der Waals surface area contributed by atoms with E-state index in [1.807, 2.05) is 24.3 Å². The van der Waals surface area contributed by atoms with E-state index < -0.39 is 11.7 Å². The first-order chi connectivity index (χ1) is 12.4. The molecule has 1 saturated heterocycles. The summed E-state index contributed by atoms with van der Waals surface area (Å²) in [6.45, 7) is 0. The Labute approximate surface area is 148 Å². The first kappa shape index (κ1) is 16.8. The number of hydrogen-bond donors (Lipinski definition) is 1. The van der Waals surface area contributed by atoms with Crippen LogP contribution in [0.15, 0.2) is 48.4 Å². The van der Waals surface area contributed by atoms with Crippen molar-refractivity contribution < 1.29 is 22.6 Å². The number of aromatic nitrogens is 1. The lowest BCUT2D eigenvalue weighted by atomic mass is 10.0. The summed E-state index contributed by atoms with van der Waals surface area (Å²) < 4.78 is 49.1. The Hall–Kier alpha value is -2.70. The normalized spacial score (nSPS) is 21.5. The van der Waals surface area contributed by atoms with Crippen LogP contribution in [0.2, 0.25) is 0 Å². The highest BCUT2D eigenvalue weighted by atomic mass is 19.4. The van der Waals surface area contributed by atoms with Gasteiger partial charge in [-0.25, -0.2) is 0 Å². The molecule has 4 rings (SSSR count). The first-order valence-electron chi connectivity index (χ1n) is 8.27. The Morgan fingerprint density at radius 1 is 1.19 bits per heavy atom. The molecule has 2 bridgehead atoms. The van der Waals surface area contributed by atoms with Gasteiger partial charge in [-0.2, -0.15) is 13.2 Å². The Kier molecular flexibility index (Phi) is 4.01. The molecule has 2 unspecified atom stereocenters. The van der Waals surface area contributed by atoms with Gasteiger partial charge in [-0.3, -0.25) is 4.98 Å². The van der Waals surface area contributed by atoms with Crippen molar-refractivity contribution in [3.63, 3.8) is 0 Å². The van der Waals surface area contributed by atoms with E-state index in [2.05, 4.69) is 10.3 Å². The summed E-state index contributed by atoms with van der Waals surface area (Å²) in [5, 5.41) is 3.34. The molecule has 0 aliphatic carbocycles. The summed E-state index contributed by atoms with van der Waals surface area (Å²) in [7, 11) is 1.63. The molecule has 0 spiro atoms. The summed E-state index contributed by atoms with van der Waals surface area (Å²) >= 11 is 0. The third kappa shape index (κ3) is 3.09. The molecule has 1 fully saturated rings. The molecule has 2 aliphatic heterocycles. The van der Waals surface area contributed by atoms with E-state index in [0.717, 1.165) is 42.2 Å². The fraction of sp³-hybridized carbons (Fsp3) is 0.316. The third-order valence-corrected chi connectivity index (χ3v) is 4.70. The molecule has 7 heteroatoms. The number of nitrogens with one attached hydrogen (secondary N) is 1. The molecular weight excluding hydrogens is 345 g/mol. The van der Waals surface area contributed by atoms with Crippen molar-refractivity contribution in [3.8, 4) is 5.75 Å².